The molecule has 0 aliphatic carbocycles. The van der Waals surface area contributed by atoms with Crippen LogP contribution in [0.1, 0.15) is 19.8 Å². The van der Waals surface area contributed by atoms with Crippen molar-refractivity contribution in [2.45, 2.75) is 30.6 Å². The molecular formula is C40H32Cl3N5S. The number of pyridine rings is 2. The number of unbranched alkanes of at least 4 members (excludes halogenated alkanes) is 1. The zero-order valence-corrected chi connectivity index (χ0v) is 29.8. The van der Waals surface area contributed by atoms with Crippen LogP contribution in [0.15, 0.2) is 134 Å². The first kappa shape index (κ1) is 33.1. The molecule has 0 radical (unpaired) electrons. The maximum absolute atomic E-state index is 5.32. The molecule has 244 valence electrons. The molecule has 0 amide bonds. The third kappa shape index (κ3) is 6.87. The second-order valence-electron chi connectivity index (χ2n) is 11.4. The van der Waals surface area contributed by atoms with Gasteiger partial charge in [0.05, 0.1) is 26.9 Å². The molecule has 0 fully saturated rings. The number of fused-ring (bicyclic) bond motifs is 6. The van der Waals surface area contributed by atoms with Crippen LogP contribution in [0.25, 0.3) is 54.0 Å². The first-order valence-electron chi connectivity index (χ1n) is 16.1. The molecule has 0 N–H and O–H groups in total. The van der Waals surface area contributed by atoms with E-state index in [4.69, 9.17) is 49.8 Å². The van der Waals surface area contributed by atoms with E-state index in [0.29, 0.717) is 0 Å². The van der Waals surface area contributed by atoms with Gasteiger partial charge in [0.2, 0.25) is 0 Å². The van der Waals surface area contributed by atoms with Gasteiger partial charge in [-0.05, 0) is 84.8 Å². The van der Waals surface area contributed by atoms with Crippen molar-refractivity contribution in [3.63, 3.8) is 0 Å². The first-order valence-corrected chi connectivity index (χ1v) is 18.2. The zero-order valence-electron chi connectivity index (χ0n) is 26.7. The van der Waals surface area contributed by atoms with E-state index in [1.807, 2.05) is 24.5 Å². The number of imidazole rings is 1. The van der Waals surface area contributed by atoms with Crippen LogP contribution in [0.4, 0.5) is 17.1 Å². The number of aryl methyl sites for hydroxylation is 1. The Hall–Kier alpha value is -4.46. The molecule has 49 heavy (non-hydrogen) atoms. The molecule has 4 aromatic carbocycles. The molecule has 4 heterocycles. The largest absolute Gasteiger partial charge is 0.323 e. The molecule has 0 aliphatic rings. The second-order valence-corrected chi connectivity index (χ2v) is 14.5. The molecular weight excluding hydrogens is 689 g/mol. The Morgan fingerprint density at radius 2 is 1.18 bits per heavy atom. The average molecular weight is 721 g/mol. The van der Waals surface area contributed by atoms with Crippen molar-refractivity contribution in [3.8, 4) is 21.1 Å². The topological polar surface area (TPSA) is 46.8 Å². The summed E-state index contributed by atoms with van der Waals surface area (Å²) in [6.45, 7) is 3.14. The standard InChI is InChI=1S/C39H31N5S.CHCl3/c1-2-3-26-43-38-32-17-11-25-41-36(32)35-31(16-10-24-40-35)37(38)42-39(43)34-23-22-33(45-34)27-18-20-30(21-19-27)44(28-12-6-4-7-13-28)29-14-8-5-9-15-29;2-1(3)4/h4-25H,2-3,26H2,1H3;1H. The fourth-order valence-electron chi connectivity index (χ4n) is 6.20. The molecule has 0 bridgehead atoms. The summed E-state index contributed by atoms with van der Waals surface area (Å²) in [5.74, 6) is 1.01. The van der Waals surface area contributed by atoms with Gasteiger partial charge in [-0.3, -0.25) is 9.97 Å². The van der Waals surface area contributed by atoms with E-state index >= 15 is 0 Å². The second kappa shape index (κ2) is 15.0. The lowest BCUT2D eigenvalue weighted by atomic mass is 10.1. The van der Waals surface area contributed by atoms with Crippen LogP contribution in [0.2, 0.25) is 0 Å². The summed E-state index contributed by atoms with van der Waals surface area (Å²) in [6, 6.07) is 42.6. The summed E-state index contributed by atoms with van der Waals surface area (Å²) in [4.78, 5) is 19.5. The van der Waals surface area contributed by atoms with Crippen molar-refractivity contribution < 1.29 is 0 Å². The van der Waals surface area contributed by atoms with Gasteiger partial charge < -0.3 is 9.47 Å². The lowest BCUT2D eigenvalue weighted by Crippen LogP contribution is -2.09. The minimum Gasteiger partial charge on any atom is -0.323 e. The normalized spacial score (nSPS) is 11.3. The van der Waals surface area contributed by atoms with Crippen LogP contribution >= 0.6 is 46.1 Å². The third-order valence-corrected chi connectivity index (χ3v) is 9.45. The molecule has 9 heteroatoms. The van der Waals surface area contributed by atoms with Crippen molar-refractivity contribution in [1.29, 1.82) is 0 Å². The fourth-order valence-corrected chi connectivity index (χ4v) is 7.21. The number of nitrogens with zero attached hydrogens (tertiary/aromatic N) is 5. The van der Waals surface area contributed by atoms with Crippen molar-refractivity contribution >= 4 is 96.0 Å². The molecule has 4 aromatic heterocycles. The number of aromatic nitrogens is 4. The molecule has 0 spiro atoms. The van der Waals surface area contributed by atoms with Crippen LogP contribution < -0.4 is 4.90 Å². The quantitative estimate of drug-likeness (QED) is 0.116. The Balaban J connectivity index is 0.000000898. The number of hydrogen-bond acceptors (Lipinski definition) is 5. The molecule has 0 aliphatic heterocycles. The van der Waals surface area contributed by atoms with Gasteiger partial charge in [0, 0.05) is 51.7 Å². The predicted octanol–water partition coefficient (Wildman–Crippen LogP) is 12.8. The van der Waals surface area contributed by atoms with E-state index in [1.54, 1.807) is 11.3 Å². The third-order valence-electron chi connectivity index (χ3n) is 8.32. The van der Waals surface area contributed by atoms with E-state index < -0.39 is 4.30 Å². The smallest absolute Gasteiger partial charge is 0.180 e. The van der Waals surface area contributed by atoms with Crippen LogP contribution in [-0.4, -0.2) is 23.8 Å². The van der Waals surface area contributed by atoms with Crippen molar-refractivity contribution in [2.75, 3.05) is 4.90 Å². The van der Waals surface area contributed by atoms with Crippen LogP contribution in [0.3, 0.4) is 0 Å². The number of anilines is 3. The molecule has 8 rings (SSSR count). The Labute approximate surface area is 304 Å². The van der Waals surface area contributed by atoms with Gasteiger partial charge in [-0.1, -0.05) is 96.7 Å². The Morgan fingerprint density at radius 1 is 0.633 bits per heavy atom. The fraction of sp³-hybridized carbons (Fsp3) is 0.125. The number of halogens is 3. The van der Waals surface area contributed by atoms with Crippen LogP contribution in [-0.2, 0) is 6.54 Å². The van der Waals surface area contributed by atoms with Gasteiger partial charge in [0.25, 0.3) is 0 Å². The summed E-state index contributed by atoms with van der Waals surface area (Å²) in [5, 5.41) is 2.14. The SMILES string of the molecule is CCCCn1c(-c2ccc(-c3ccc(N(c4ccccc4)c4ccccc4)cc3)s2)nc2c3cccnc3c3ncccc3c21.ClC(Cl)Cl. The summed E-state index contributed by atoms with van der Waals surface area (Å²) >= 11 is 16.2. The maximum Gasteiger partial charge on any atom is 0.180 e. The monoisotopic (exact) mass is 719 g/mol. The minimum absolute atomic E-state index is 0.750. The highest BCUT2D eigenvalue weighted by molar-refractivity contribution is 7.18. The highest BCUT2D eigenvalue weighted by Gasteiger charge is 2.21. The van der Waals surface area contributed by atoms with Crippen molar-refractivity contribution in [3.05, 3.63) is 134 Å². The number of thiophene rings is 1. The molecule has 0 saturated carbocycles. The number of para-hydroxylation sites is 2. The number of hydrogen-bond donors (Lipinski definition) is 0. The highest BCUT2D eigenvalue weighted by Crippen LogP contribution is 2.41. The lowest BCUT2D eigenvalue weighted by molar-refractivity contribution is 0.652. The molecule has 0 unspecified atom stereocenters. The van der Waals surface area contributed by atoms with Gasteiger partial charge in [0.15, 0.2) is 10.1 Å². The number of rotatable bonds is 8. The van der Waals surface area contributed by atoms with Crippen LogP contribution in [0.5, 0.6) is 0 Å². The van der Waals surface area contributed by atoms with Gasteiger partial charge in [0.1, 0.15) is 0 Å². The van der Waals surface area contributed by atoms with Gasteiger partial charge in [-0.2, -0.15) is 0 Å². The molecule has 0 atom stereocenters. The Morgan fingerprint density at radius 3 is 1.80 bits per heavy atom. The van der Waals surface area contributed by atoms with Gasteiger partial charge >= 0.3 is 0 Å². The predicted molar refractivity (Wildman–Crippen MR) is 210 cm³/mol. The zero-order chi connectivity index (χ0) is 33.7. The van der Waals surface area contributed by atoms with Crippen LogP contribution in [0, 0.1) is 0 Å². The molecule has 8 aromatic rings. The van der Waals surface area contributed by atoms with Crippen molar-refractivity contribution in [1.82, 2.24) is 19.5 Å². The maximum atomic E-state index is 5.32. The number of benzene rings is 4. The summed E-state index contributed by atoms with van der Waals surface area (Å²) < 4.78 is 1.66. The Kier molecular flexibility index (Phi) is 10.1. The summed E-state index contributed by atoms with van der Waals surface area (Å²) in [5.41, 5.74) is 8.54. The van der Waals surface area contributed by atoms with E-state index in [1.165, 1.54) is 10.4 Å². The first-order chi connectivity index (χ1) is 24.0. The van der Waals surface area contributed by atoms with E-state index in [9.17, 15) is 0 Å². The Bertz CT molecular complexity index is 2280. The van der Waals surface area contributed by atoms with Crippen molar-refractivity contribution in [2.24, 2.45) is 0 Å². The summed E-state index contributed by atoms with van der Waals surface area (Å²) in [7, 11) is 0. The average Bonchev–Trinajstić information content (AvgIpc) is 3.78. The lowest BCUT2D eigenvalue weighted by Gasteiger charge is -2.25. The van der Waals surface area contributed by atoms with E-state index in [-0.39, 0.29) is 0 Å². The van der Waals surface area contributed by atoms with Gasteiger partial charge in [-0.15, -0.1) is 11.3 Å². The minimum atomic E-state index is -0.750. The number of alkyl halides is 3. The van der Waals surface area contributed by atoms with E-state index in [2.05, 4.69) is 126 Å². The van der Waals surface area contributed by atoms with Gasteiger partial charge in [-0.25, -0.2) is 4.98 Å². The summed E-state index contributed by atoms with van der Waals surface area (Å²) in [6.07, 6.45) is 5.87. The molecule has 0 saturated heterocycles. The highest BCUT2D eigenvalue weighted by atomic mass is 35.6. The molecule has 5 nitrogen and oxygen atoms in total. The van der Waals surface area contributed by atoms with E-state index in [0.717, 1.165) is 80.0 Å².